The number of carbonyl (C=O) groups excluding carboxylic acids is 1. The first-order chi connectivity index (χ1) is 13.5. The number of hydrogen-bond donors (Lipinski definition) is 1. The highest BCUT2D eigenvalue weighted by atomic mass is 16.5. The summed E-state index contributed by atoms with van der Waals surface area (Å²) >= 11 is 0. The molecule has 2 aromatic rings. The molecule has 1 aliphatic rings. The molecule has 2 aromatic carbocycles. The lowest BCUT2D eigenvalue weighted by Crippen LogP contribution is -2.41. The van der Waals surface area contributed by atoms with E-state index in [-0.39, 0.29) is 6.03 Å². The summed E-state index contributed by atoms with van der Waals surface area (Å²) in [7, 11) is 5.74. The van der Waals surface area contributed by atoms with Crippen LogP contribution in [0.15, 0.2) is 48.5 Å². The largest absolute Gasteiger partial charge is 0.497 e. The van der Waals surface area contributed by atoms with Crippen molar-refractivity contribution in [2.75, 3.05) is 59.4 Å². The number of nitrogens with zero attached hydrogens (tertiary/aromatic N) is 2. The maximum absolute atomic E-state index is 12.8. The van der Waals surface area contributed by atoms with Crippen LogP contribution in [0.5, 0.6) is 5.75 Å². The Morgan fingerprint density at radius 2 is 1.96 bits per heavy atom. The number of methoxy groups -OCH3 is 1. The van der Waals surface area contributed by atoms with Gasteiger partial charge < -0.3 is 24.6 Å². The maximum atomic E-state index is 12.8. The van der Waals surface area contributed by atoms with E-state index in [0.717, 1.165) is 29.1 Å². The van der Waals surface area contributed by atoms with Crippen LogP contribution >= 0.6 is 0 Å². The van der Waals surface area contributed by atoms with E-state index in [1.807, 2.05) is 67.5 Å². The first-order valence-electron chi connectivity index (χ1n) is 9.58. The average molecular weight is 383 g/mol. The highest BCUT2D eigenvalue weighted by molar-refractivity contribution is 5.90. The molecule has 0 aromatic heterocycles. The highest BCUT2D eigenvalue weighted by Gasteiger charge is 2.23. The Bertz CT molecular complexity index is 794. The Morgan fingerprint density at radius 3 is 2.71 bits per heavy atom. The smallest absolute Gasteiger partial charge is 0.321 e. The zero-order valence-corrected chi connectivity index (χ0v) is 16.9. The molecule has 6 nitrogen and oxygen atoms in total. The second-order valence-corrected chi connectivity index (χ2v) is 7.39. The number of amides is 2. The minimum atomic E-state index is -0.0861. The molecule has 0 unspecified atom stereocenters. The molecule has 0 bridgehead atoms. The van der Waals surface area contributed by atoms with E-state index >= 15 is 0 Å². The van der Waals surface area contributed by atoms with Gasteiger partial charge in [-0.25, -0.2) is 4.79 Å². The molecule has 2 amide bonds. The molecule has 1 fully saturated rings. The third-order valence-electron chi connectivity index (χ3n) is 4.77. The van der Waals surface area contributed by atoms with Gasteiger partial charge in [0.15, 0.2) is 0 Å². The predicted molar refractivity (Wildman–Crippen MR) is 112 cm³/mol. The van der Waals surface area contributed by atoms with E-state index in [1.165, 1.54) is 0 Å². The SMILES string of the molecule is COc1cccc(-c2cccc(NC(=O)N3CCOC[C@H](CN(C)C)C3)c2)c1. The fourth-order valence-corrected chi connectivity index (χ4v) is 3.47. The van der Waals surface area contributed by atoms with Gasteiger partial charge in [0.1, 0.15) is 5.75 Å². The van der Waals surface area contributed by atoms with Gasteiger partial charge in [-0.2, -0.15) is 0 Å². The molecule has 1 heterocycles. The monoisotopic (exact) mass is 383 g/mol. The molecule has 1 atom stereocenters. The number of benzene rings is 2. The molecule has 0 aliphatic carbocycles. The van der Waals surface area contributed by atoms with E-state index in [0.29, 0.717) is 32.2 Å². The molecule has 1 saturated heterocycles. The molecule has 0 saturated carbocycles. The Morgan fingerprint density at radius 1 is 1.21 bits per heavy atom. The van der Waals surface area contributed by atoms with E-state index < -0.39 is 0 Å². The average Bonchev–Trinajstić information content (AvgIpc) is 2.93. The number of nitrogens with one attached hydrogen (secondary N) is 1. The lowest BCUT2D eigenvalue weighted by molar-refractivity contribution is 0.112. The van der Waals surface area contributed by atoms with Crippen molar-refractivity contribution < 1.29 is 14.3 Å². The standard InChI is InChI=1S/C22H29N3O3/c1-24(2)14-17-15-25(10-11-28-16-17)22(26)23-20-8-4-6-18(12-20)19-7-5-9-21(13-19)27-3/h4-9,12-13,17H,10-11,14-16H2,1-3H3,(H,23,26)/t17-/m1/s1. The van der Waals surface area contributed by atoms with Crippen LogP contribution in [0, 0.1) is 5.92 Å². The number of ether oxygens (including phenoxy) is 2. The normalized spacial score (nSPS) is 17.3. The molecule has 0 radical (unpaired) electrons. The third-order valence-corrected chi connectivity index (χ3v) is 4.77. The summed E-state index contributed by atoms with van der Waals surface area (Å²) in [5, 5.41) is 3.04. The molecule has 0 spiro atoms. The van der Waals surface area contributed by atoms with Crippen molar-refractivity contribution in [1.82, 2.24) is 9.80 Å². The summed E-state index contributed by atoms with van der Waals surface area (Å²) in [6.07, 6.45) is 0. The van der Waals surface area contributed by atoms with Crippen molar-refractivity contribution in [3.8, 4) is 16.9 Å². The van der Waals surface area contributed by atoms with Crippen LogP contribution in [0.4, 0.5) is 10.5 Å². The van der Waals surface area contributed by atoms with Crippen LogP contribution < -0.4 is 10.1 Å². The van der Waals surface area contributed by atoms with Gasteiger partial charge in [-0.1, -0.05) is 24.3 Å². The molecule has 3 rings (SSSR count). The molecular formula is C22H29N3O3. The second-order valence-electron chi connectivity index (χ2n) is 7.39. The summed E-state index contributed by atoms with van der Waals surface area (Å²) in [6, 6.07) is 15.7. The first-order valence-corrected chi connectivity index (χ1v) is 9.58. The van der Waals surface area contributed by atoms with Crippen LogP contribution in [0.3, 0.4) is 0 Å². The molecular weight excluding hydrogens is 354 g/mol. The van der Waals surface area contributed by atoms with Gasteiger partial charge in [-0.05, 0) is 49.5 Å². The number of hydrogen-bond acceptors (Lipinski definition) is 4. The van der Waals surface area contributed by atoms with E-state index in [9.17, 15) is 4.79 Å². The van der Waals surface area contributed by atoms with Gasteiger partial charge in [0.25, 0.3) is 0 Å². The zero-order valence-electron chi connectivity index (χ0n) is 16.9. The van der Waals surface area contributed by atoms with Crippen molar-refractivity contribution in [3.63, 3.8) is 0 Å². The Hall–Kier alpha value is -2.57. The van der Waals surface area contributed by atoms with Crippen molar-refractivity contribution >= 4 is 11.7 Å². The molecule has 1 aliphatic heterocycles. The summed E-state index contributed by atoms with van der Waals surface area (Å²) < 4.78 is 11.0. The molecule has 1 N–H and O–H groups in total. The highest BCUT2D eigenvalue weighted by Crippen LogP contribution is 2.26. The van der Waals surface area contributed by atoms with Crippen LogP contribution in [0.25, 0.3) is 11.1 Å². The van der Waals surface area contributed by atoms with Crippen LogP contribution in [0.1, 0.15) is 0 Å². The maximum Gasteiger partial charge on any atom is 0.321 e. The molecule has 150 valence electrons. The minimum Gasteiger partial charge on any atom is -0.497 e. The lowest BCUT2D eigenvalue weighted by Gasteiger charge is -2.25. The van der Waals surface area contributed by atoms with E-state index in [4.69, 9.17) is 9.47 Å². The van der Waals surface area contributed by atoms with Crippen LogP contribution in [0.2, 0.25) is 0 Å². The summed E-state index contributed by atoms with van der Waals surface area (Å²) in [4.78, 5) is 16.8. The summed E-state index contributed by atoms with van der Waals surface area (Å²) in [6.45, 7) is 3.45. The number of carbonyl (C=O) groups is 1. The van der Waals surface area contributed by atoms with E-state index in [1.54, 1.807) is 7.11 Å². The predicted octanol–water partition coefficient (Wildman–Crippen LogP) is 3.40. The van der Waals surface area contributed by atoms with E-state index in [2.05, 4.69) is 10.2 Å². The number of anilines is 1. The van der Waals surface area contributed by atoms with Gasteiger partial charge in [0.2, 0.25) is 0 Å². The van der Waals surface area contributed by atoms with Gasteiger partial charge in [0.05, 0.1) is 20.3 Å². The molecule has 28 heavy (non-hydrogen) atoms. The van der Waals surface area contributed by atoms with Crippen molar-refractivity contribution in [2.45, 2.75) is 0 Å². The van der Waals surface area contributed by atoms with Gasteiger partial charge >= 0.3 is 6.03 Å². The zero-order chi connectivity index (χ0) is 19.9. The summed E-state index contributed by atoms with van der Waals surface area (Å²) in [5.41, 5.74) is 2.85. The Balaban J connectivity index is 1.69. The van der Waals surface area contributed by atoms with Gasteiger partial charge in [0, 0.05) is 31.2 Å². The topological polar surface area (TPSA) is 54.0 Å². The summed E-state index contributed by atoms with van der Waals surface area (Å²) in [5.74, 6) is 1.12. The molecule has 6 heteroatoms. The first kappa shape index (κ1) is 20.2. The number of urea groups is 1. The van der Waals surface area contributed by atoms with Crippen molar-refractivity contribution in [2.24, 2.45) is 5.92 Å². The van der Waals surface area contributed by atoms with Crippen molar-refractivity contribution in [3.05, 3.63) is 48.5 Å². The number of rotatable bonds is 5. The van der Waals surface area contributed by atoms with Gasteiger partial charge in [-0.15, -0.1) is 0 Å². The van der Waals surface area contributed by atoms with Crippen LogP contribution in [-0.2, 0) is 4.74 Å². The van der Waals surface area contributed by atoms with Gasteiger partial charge in [-0.3, -0.25) is 0 Å². The third kappa shape index (κ3) is 5.47. The van der Waals surface area contributed by atoms with Crippen LogP contribution in [-0.4, -0.2) is 69.9 Å². The minimum absolute atomic E-state index is 0.0861. The lowest BCUT2D eigenvalue weighted by atomic mass is 10.0. The second kappa shape index (κ2) is 9.57. The fraction of sp³-hybridized carbons (Fsp3) is 0.409. The quantitative estimate of drug-likeness (QED) is 0.860. The Kier molecular flexibility index (Phi) is 6.90. The Labute approximate surface area is 167 Å². The fourth-order valence-electron chi connectivity index (χ4n) is 3.47. The van der Waals surface area contributed by atoms with Crippen molar-refractivity contribution in [1.29, 1.82) is 0 Å².